The van der Waals surface area contributed by atoms with Crippen LogP contribution >= 0.6 is 0 Å². The van der Waals surface area contributed by atoms with Gasteiger partial charge in [0.05, 0.1) is 6.10 Å². The Morgan fingerprint density at radius 1 is 1.10 bits per heavy atom. The van der Waals surface area contributed by atoms with E-state index in [1.54, 1.807) is 5.57 Å². The van der Waals surface area contributed by atoms with Crippen LogP contribution in [-0.4, -0.2) is 11.2 Å². The molecular weight excluding hydrogens is 256 g/mol. The van der Waals surface area contributed by atoms with Crippen LogP contribution in [-0.2, 0) is 0 Å². The molecule has 0 aromatic heterocycles. The van der Waals surface area contributed by atoms with Gasteiger partial charge < -0.3 is 5.11 Å². The third kappa shape index (κ3) is 1.68. The van der Waals surface area contributed by atoms with Crippen molar-refractivity contribution in [3.05, 3.63) is 11.6 Å². The molecule has 4 aliphatic carbocycles. The van der Waals surface area contributed by atoms with E-state index in [4.69, 9.17) is 0 Å². The first-order valence-corrected chi connectivity index (χ1v) is 9.13. The number of fused-ring (bicyclic) bond motifs is 2. The van der Waals surface area contributed by atoms with E-state index in [0.29, 0.717) is 16.2 Å². The highest BCUT2D eigenvalue weighted by Gasteiger charge is 2.66. The van der Waals surface area contributed by atoms with Gasteiger partial charge in [-0.3, -0.25) is 0 Å². The van der Waals surface area contributed by atoms with Crippen LogP contribution < -0.4 is 0 Å². The minimum Gasteiger partial charge on any atom is -0.393 e. The molecule has 118 valence electrons. The van der Waals surface area contributed by atoms with Crippen molar-refractivity contribution in [2.45, 2.75) is 78.7 Å². The molecular formula is C20H32O. The van der Waals surface area contributed by atoms with Crippen LogP contribution in [0.25, 0.3) is 0 Å². The Labute approximate surface area is 130 Å². The Morgan fingerprint density at radius 2 is 1.86 bits per heavy atom. The summed E-state index contributed by atoms with van der Waals surface area (Å²) in [4.78, 5) is 0. The van der Waals surface area contributed by atoms with Crippen molar-refractivity contribution in [2.24, 2.45) is 34.0 Å². The molecule has 0 aromatic rings. The van der Waals surface area contributed by atoms with Crippen molar-refractivity contribution in [1.29, 1.82) is 0 Å². The maximum Gasteiger partial charge on any atom is 0.0551 e. The molecule has 1 nitrogen and oxygen atoms in total. The van der Waals surface area contributed by atoms with E-state index in [-0.39, 0.29) is 6.10 Å². The standard InChI is InChI=1S/C20H32O/c1-13-7-8-20-10-14(13)9-15(20)5-6-17-18(2,3)11-16(21)12-19(17,20)4/h7,14-17,21H,5-6,8-12H2,1-4H3/t14-,15-,16-,17-,19-,20+/m0/s1. The van der Waals surface area contributed by atoms with Gasteiger partial charge in [0.2, 0.25) is 0 Å². The van der Waals surface area contributed by atoms with Gasteiger partial charge in [-0.2, -0.15) is 0 Å². The van der Waals surface area contributed by atoms with Crippen molar-refractivity contribution in [3.63, 3.8) is 0 Å². The van der Waals surface area contributed by atoms with Gasteiger partial charge in [-0.1, -0.05) is 32.4 Å². The SMILES string of the molecule is CC1=CC[C@@]23C[C@@H]1C[C@@H]2CC[C@H]1C(C)(C)C[C@H](O)C[C@@]13C. The lowest BCUT2D eigenvalue weighted by Gasteiger charge is -2.65. The van der Waals surface area contributed by atoms with Gasteiger partial charge >= 0.3 is 0 Å². The zero-order valence-corrected chi connectivity index (χ0v) is 14.3. The molecule has 1 spiro atoms. The van der Waals surface area contributed by atoms with Gasteiger partial charge in [-0.25, -0.2) is 0 Å². The Morgan fingerprint density at radius 3 is 2.62 bits per heavy atom. The van der Waals surface area contributed by atoms with Crippen LogP contribution in [0.1, 0.15) is 72.6 Å². The summed E-state index contributed by atoms with van der Waals surface area (Å²) in [6, 6.07) is 0. The van der Waals surface area contributed by atoms with E-state index in [2.05, 4.69) is 33.8 Å². The lowest BCUT2D eigenvalue weighted by molar-refractivity contribution is -0.177. The van der Waals surface area contributed by atoms with Gasteiger partial charge in [-0.15, -0.1) is 0 Å². The van der Waals surface area contributed by atoms with Crippen LogP contribution in [0, 0.1) is 34.0 Å². The van der Waals surface area contributed by atoms with Crippen LogP contribution in [0.3, 0.4) is 0 Å². The van der Waals surface area contributed by atoms with Gasteiger partial charge in [-0.05, 0) is 85.9 Å². The lowest BCUT2D eigenvalue weighted by Crippen LogP contribution is -2.59. The third-order valence-corrected chi connectivity index (χ3v) is 8.47. The second kappa shape index (κ2) is 4.16. The summed E-state index contributed by atoms with van der Waals surface area (Å²) in [5.41, 5.74) is 2.81. The first-order chi connectivity index (χ1) is 9.78. The summed E-state index contributed by atoms with van der Waals surface area (Å²) >= 11 is 0. The molecule has 21 heavy (non-hydrogen) atoms. The second-order valence-electron chi connectivity index (χ2n) is 9.74. The van der Waals surface area contributed by atoms with Crippen LogP contribution in [0.2, 0.25) is 0 Å². The van der Waals surface area contributed by atoms with E-state index in [1.807, 2.05) is 0 Å². The summed E-state index contributed by atoms with van der Waals surface area (Å²) in [6.45, 7) is 9.76. The molecule has 4 rings (SSSR count). The van der Waals surface area contributed by atoms with Crippen molar-refractivity contribution in [1.82, 2.24) is 0 Å². The molecule has 3 fully saturated rings. The maximum atomic E-state index is 10.6. The summed E-state index contributed by atoms with van der Waals surface area (Å²) in [6.07, 6.45) is 11.5. The van der Waals surface area contributed by atoms with Gasteiger partial charge in [0.25, 0.3) is 0 Å². The minimum atomic E-state index is -0.0829. The highest BCUT2D eigenvalue weighted by molar-refractivity contribution is 5.24. The zero-order chi connectivity index (χ0) is 15.0. The quantitative estimate of drug-likeness (QED) is 0.626. The number of allylic oxidation sites excluding steroid dienone is 2. The van der Waals surface area contributed by atoms with Crippen molar-refractivity contribution in [2.75, 3.05) is 0 Å². The van der Waals surface area contributed by atoms with E-state index in [9.17, 15) is 5.11 Å². The molecule has 4 aliphatic rings. The number of hydrogen-bond acceptors (Lipinski definition) is 1. The molecule has 0 unspecified atom stereocenters. The average molecular weight is 288 g/mol. The van der Waals surface area contributed by atoms with Gasteiger partial charge in [0.15, 0.2) is 0 Å². The molecule has 0 aliphatic heterocycles. The molecule has 2 bridgehead atoms. The normalized spacial score (nSPS) is 54.6. The van der Waals surface area contributed by atoms with Crippen molar-refractivity contribution < 1.29 is 5.11 Å². The van der Waals surface area contributed by atoms with E-state index in [1.165, 1.54) is 32.1 Å². The van der Waals surface area contributed by atoms with Crippen LogP contribution in [0.5, 0.6) is 0 Å². The molecule has 6 atom stereocenters. The van der Waals surface area contributed by atoms with E-state index in [0.717, 1.165) is 30.6 Å². The lowest BCUT2D eigenvalue weighted by atomic mass is 9.40. The molecule has 0 amide bonds. The number of rotatable bonds is 0. The fourth-order valence-corrected chi connectivity index (χ4v) is 7.64. The number of aliphatic hydroxyl groups excluding tert-OH is 1. The average Bonchev–Trinajstić information content (AvgIpc) is 2.69. The highest BCUT2D eigenvalue weighted by atomic mass is 16.3. The first-order valence-electron chi connectivity index (χ1n) is 9.13. The Hall–Kier alpha value is -0.300. The largest absolute Gasteiger partial charge is 0.393 e. The molecule has 0 heterocycles. The van der Waals surface area contributed by atoms with Gasteiger partial charge in [0.1, 0.15) is 0 Å². The van der Waals surface area contributed by atoms with Crippen LogP contribution in [0.15, 0.2) is 11.6 Å². The Kier molecular flexibility index (Phi) is 2.83. The minimum absolute atomic E-state index is 0.0829. The number of aliphatic hydroxyl groups is 1. The zero-order valence-electron chi connectivity index (χ0n) is 14.3. The third-order valence-electron chi connectivity index (χ3n) is 8.47. The second-order valence-corrected chi connectivity index (χ2v) is 9.74. The smallest absolute Gasteiger partial charge is 0.0551 e. The highest BCUT2D eigenvalue weighted by Crippen LogP contribution is 2.74. The Bertz CT molecular complexity index is 490. The predicted molar refractivity (Wildman–Crippen MR) is 86.9 cm³/mol. The molecule has 0 saturated heterocycles. The summed E-state index contributed by atoms with van der Waals surface area (Å²) in [5.74, 6) is 2.57. The number of hydrogen-bond donors (Lipinski definition) is 1. The maximum absolute atomic E-state index is 10.6. The molecule has 3 saturated carbocycles. The van der Waals surface area contributed by atoms with Gasteiger partial charge in [0, 0.05) is 0 Å². The fraction of sp³-hybridized carbons (Fsp3) is 0.900. The topological polar surface area (TPSA) is 20.2 Å². The van der Waals surface area contributed by atoms with E-state index < -0.39 is 0 Å². The molecule has 0 radical (unpaired) electrons. The predicted octanol–water partition coefficient (Wildman–Crippen LogP) is 4.95. The Balaban J connectivity index is 1.81. The summed E-state index contributed by atoms with van der Waals surface area (Å²) < 4.78 is 0. The summed E-state index contributed by atoms with van der Waals surface area (Å²) in [5, 5.41) is 10.6. The monoisotopic (exact) mass is 288 g/mol. The fourth-order valence-electron chi connectivity index (χ4n) is 7.64. The van der Waals surface area contributed by atoms with Crippen LogP contribution in [0.4, 0.5) is 0 Å². The van der Waals surface area contributed by atoms with Crippen molar-refractivity contribution >= 4 is 0 Å². The molecule has 0 aromatic carbocycles. The van der Waals surface area contributed by atoms with E-state index >= 15 is 0 Å². The first kappa shape index (κ1) is 14.3. The molecule has 1 heteroatoms. The molecule has 1 N–H and O–H groups in total. The summed E-state index contributed by atoms with van der Waals surface area (Å²) in [7, 11) is 0. The van der Waals surface area contributed by atoms with Crippen molar-refractivity contribution in [3.8, 4) is 0 Å².